The van der Waals surface area contributed by atoms with Gasteiger partial charge in [0.2, 0.25) is 0 Å². The molecule has 0 aliphatic heterocycles. The number of carbonyl (C=O) groups excluding carboxylic acids is 1. The van der Waals surface area contributed by atoms with Crippen LogP contribution >= 0.6 is 11.6 Å². The summed E-state index contributed by atoms with van der Waals surface area (Å²) in [5.74, 6) is 0. The van der Waals surface area contributed by atoms with Crippen molar-refractivity contribution in [3.05, 3.63) is 60.2 Å². The van der Waals surface area contributed by atoms with E-state index in [2.05, 4.69) is 24.3 Å². The summed E-state index contributed by atoms with van der Waals surface area (Å²) in [6, 6.07) is 17.8. The van der Waals surface area contributed by atoms with Gasteiger partial charge >= 0.3 is 0 Å². The van der Waals surface area contributed by atoms with Gasteiger partial charge in [-0.1, -0.05) is 42.5 Å². The van der Waals surface area contributed by atoms with Crippen molar-refractivity contribution in [3.8, 4) is 0 Å². The minimum Gasteiger partial charge on any atom is -0.276 e. The summed E-state index contributed by atoms with van der Waals surface area (Å²) in [4.78, 5) is 11.2. The Morgan fingerprint density at radius 2 is 1.47 bits per heavy atom. The summed E-state index contributed by atoms with van der Waals surface area (Å²) < 4.78 is 0. The molecule has 0 fully saturated rings. The van der Waals surface area contributed by atoms with Crippen LogP contribution < -0.4 is 0 Å². The van der Waals surface area contributed by atoms with Crippen LogP contribution in [0.4, 0.5) is 0 Å². The van der Waals surface area contributed by atoms with Gasteiger partial charge in [-0.2, -0.15) is 0 Å². The van der Waals surface area contributed by atoms with E-state index in [-0.39, 0.29) is 0 Å². The fraction of sp³-hybridized carbons (Fsp3) is 0. The lowest BCUT2D eigenvalue weighted by Crippen LogP contribution is -1.88. The maximum Gasteiger partial charge on any atom is 0.252 e. The van der Waals surface area contributed by atoms with E-state index in [0.29, 0.717) is 5.56 Å². The van der Waals surface area contributed by atoms with Crippen molar-refractivity contribution >= 4 is 38.4 Å². The molecule has 0 aromatic heterocycles. The molecule has 17 heavy (non-hydrogen) atoms. The molecule has 82 valence electrons. The predicted octanol–water partition coefficient (Wildman–Crippen LogP) is 4.37. The fourth-order valence-electron chi connectivity index (χ4n) is 2.12. The van der Waals surface area contributed by atoms with E-state index in [1.54, 1.807) is 6.07 Å². The largest absolute Gasteiger partial charge is 0.276 e. The Labute approximate surface area is 104 Å². The van der Waals surface area contributed by atoms with Gasteiger partial charge in [-0.3, -0.25) is 4.79 Å². The SMILES string of the molecule is O=C(Cl)c1ccc2ccc3ccccc3c2c1. The summed E-state index contributed by atoms with van der Waals surface area (Å²) in [6.07, 6.45) is 0. The van der Waals surface area contributed by atoms with Gasteiger partial charge < -0.3 is 0 Å². The Morgan fingerprint density at radius 1 is 0.824 bits per heavy atom. The van der Waals surface area contributed by atoms with Gasteiger partial charge in [-0.15, -0.1) is 0 Å². The van der Waals surface area contributed by atoms with E-state index in [9.17, 15) is 4.79 Å². The van der Waals surface area contributed by atoms with E-state index < -0.39 is 5.24 Å². The molecule has 1 nitrogen and oxygen atoms in total. The lowest BCUT2D eigenvalue weighted by molar-refractivity contribution is 0.108. The molecule has 0 N–H and O–H groups in total. The number of rotatable bonds is 1. The second kappa shape index (κ2) is 3.86. The van der Waals surface area contributed by atoms with Crippen molar-refractivity contribution < 1.29 is 4.79 Å². The second-order valence-electron chi connectivity index (χ2n) is 4.00. The van der Waals surface area contributed by atoms with Crippen LogP contribution in [-0.2, 0) is 0 Å². The lowest BCUT2D eigenvalue weighted by Gasteiger charge is -2.04. The molecule has 0 spiro atoms. The molecule has 0 saturated carbocycles. The topological polar surface area (TPSA) is 17.1 Å². The number of halogens is 1. The standard InChI is InChI=1S/C15H9ClO/c16-15(17)12-8-7-11-6-5-10-3-1-2-4-13(10)14(11)9-12/h1-9H. The molecule has 0 heterocycles. The summed E-state index contributed by atoms with van der Waals surface area (Å²) in [6.45, 7) is 0. The molecule has 0 bridgehead atoms. The van der Waals surface area contributed by atoms with Gasteiger partial charge in [0.1, 0.15) is 0 Å². The van der Waals surface area contributed by atoms with Gasteiger partial charge in [0, 0.05) is 5.56 Å². The number of carbonyl (C=O) groups is 1. The molecule has 2 heteroatoms. The van der Waals surface area contributed by atoms with Crippen molar-refractivity contribution in [2.75, 3.05) is 0 Å². The molecule has 0 radical (unpaired) electrons. The molecule has 3 aromatic rings. The number of fused-ring (bicyclic) bond motifs is 3. The van der Waals surface area contributed by atoms with E-state index >= 15 is 0 Å². The minimum absolute atomic E-state index is 0.417. The van der Waals surface area contributed by atoms with Crippen LogP contribution in [0.5, 0.6) is 0 Å². The van der Waals surface area contributed by atoms with Gasteiger partial charge in [0.15, 0.2) is 0 Å². The molecule has 0 amide bonds. The van der Waals surface area contributed by atoms with Crippen molar-refractivity contribution in [1.82, 2.24) is 0 Å². The molecule has 0 aliphatic rings. The first-order valence-corrected chi connectivity index (χ1v) is 5.75. The van der Waals surface area contributed by atoms with Gasteiger partial charge in [0.05, 0.1) is 0 Å². The van der Waals surface area contributed by atoms with Crippen LogP contribution in [0.3, 0.4) is 0 Å². The van der Waals surface area contributed by atoms with E-state index in [4.69, 9.17) is 11.6 Å². The van der Waals surface area contributed by atoms with Crippen LogP contribution in [0.2, 0.25) is 0 Å². The highest BCUT2D eigenvalue weighted by molar-refractivity contribution is 6.67. The van der Waals surface area contributed by atoms with E-state index in [0.717, 1.165) is 16.2 Å². The Hall–Kier alpha value is -1.86. The zero-order valence-corrected chi connectivity index (χ0v) is 9.74. The van der Waals surface area contributed by atoms with Crippen LogP contribution in [0, 0.1) is 0 Å². The molecular weight excluding hydrogens is 232 g/mol. The quantitative estimate of drug-likeness (QED) is 0.456. The highest BCUT2D eigenvalue weighted by Gasteiger charge is 2.05. The van der Waals surface area contributed by atoms with E-state index in [1.807, 2.05) is 24.3 Å². The highest BCUT2D eigenvalue weighted by atomic mass is 35.5. The summed E-state index contributed by atoms with van der Waals surface area (Å²) in [7, 11) is 0. The molecule has 3 rings (SSSR count). The zero-order chi connectivity index (χ0) is 11.8. The van der Waals surface area contributed by atoms with Crippen LogP contribution in [0.1, 0.15) is 10.4 Å². The van der Waals surface area contributed by atoms with Gasteiger partial charge in [-0.05, 0) is 45.3 Å². The van der Waals surface area contributed by atoms with Crippen LogP contribution in [0.25, 0.3) is 21.5 Å². The predicted molar refractivity (Wildman–Crippen MR) is 71.6 cm³/mol. The first-order chi connectivity index (χ1) is 8.25. The molecule has 0 unspecified atom stereocenters. The van der Waals surface area contributed by atoms with Crippen molar-refractivity contribution in [1.29, 1.82) is 0 Å². The fourth-order valence-corrected chi connectivity index (χ4v) is 2.24. The maximum absolute atomic E-state index is 11.2. The average Bonchev–Trinajstić information content (AvgIpc) is 2.38. The third-order valence-electron chi connectivity index (χ3n) is 2.97. The molecule has 3 aromatic carbocycles. The molecular formula is C15H9ClO. The Balaban J connectivity index is 2.46. The molecule has 0 aliphatic carbocycles. The van der Waals surface area contributed by atoms with Crippen molar-refractivity contribution in [2.45, 2.75) is 0 Å². The third-order valence-corrected chi connectivity index (χ3v) is 3.19. The maximum atomic E-state index is 11.2. The monoisotopic (exact) mass is 240 g/mol. The van der Waals surface area contributed by atoms with Crippen LogP contribution in [-0.4, -0.2) is 5.24 Å². The van der Waals surface area contributed by atoms with E-state index in [1.165, 1.54) is 5.39 Å². The molecule has 0 saturated heterocycles. The number of hydrogen-bond acceptors (Lipinski definition) is 1. The van der Waals surface area contributed by atoms with Crippen molar-refractivity contribution in [3.63, 3.8) is 0 Å². The first-order valence-electron chi connectivity index (χ1n) is 5.37. The minimum atomic E-state index is -0.417. The second-order valence-corrected chi connectivity index (χ2v) is 4.34. The van der Waals surface area contributed by atoms with Crippen molar-refractivity contribution in [2.24, 2.45) is 0 Å². The average molecular weight is 241 g/mol. The Kier molecular flexibility index (Phi) is 2.34. The Bertz CT molecular complexity index is 731. The smallest absolute Gasteiger partial charge is 0.252 e. The van der Waals surface area contributed by atoms with Gasteiger partial charge in [0.25, 0.3) is 5.24 Å². The summed E-state index contributed by atoms with van der Waals surface area (Å²) in [5, 5.41) is 4.07. The number of hydrogen-bond donors (Lipinski definition) is 0. The van der Waals surface area contributed by atoms with Gasteiger partial charge in [-0.25, -0.2) is 0 Å². The third kappa shape index (κ3) is 1.69. The van der Waals surface area contributed by atoms with Crippen LogP contribution in [0.15, 0.2) is 54.6 Å². The normalized spacial score (nSPS) is 10.9. The first kappa shape index (κ1) is 10.3. The number of benzene rings is 3. The molecule has 0 atom stereocenters. The highest BCUT2D eigenvalue weighted by Crippen LogP contribution is 2.26. The summed E-state index contributed by atoms with van der Waals surface area (Å²) >= 11 is 5.52. The lowest BCUT2D eigenvalue weighted by atomic mass is 10.0. The summed E-state index contributed by atoms with van der Waals surface area (Å²) in [5.41, 5.74) is 0.538. The Morgan fingerprint density at radius 3 is 2.24 bits per heavy atom. The zero-order valence-electron chi connectivity index (χ0n) is 8.98.